The van der Waals surface area contributed by atoms with E-state index in [1.807, 2.05) is 0 Å². The van der Waals surface area contributed by atoms with Gasteiger partial charge in [0.2, 0.25) is 5.91 Å². The van der Waals surface area contributed by atoms with Crippen LogP contribution in [0.4, 0.5) is 4.79 Å². The third-order valence-corrected chi connectivity index (χ3v) is 2.50. The molecule has 0 heterocycles. The van der Waals surface area contributed by atoms with Crippen molar-refractivity contribution >= 4 is 17.9 Å². The molecular formula is C11H21N3O4. The van der Waals surface area contributed by atoms with Crippen molar-refractivity contribution in [1.29, 1.82) is 0 Å². The highest BCUT2D eigenvalue weighted by molar-refractivity contribution is 5.86. The van der Waals surface area contributed by atoms with Crippen LogP contribution >= 0.6 is 0 Å². The number of hydrogen-bond donors (Lipinski definition) is 2. The van der Waals surface area contributed by atoms with Crippen molar-refractivity contribution in [1.82, 2.24) is 15.1 Å². The molecule has 0 aliphatic rings. The van der Waals surface area contributed by atoms with Crippen molar-refractivity contribution in [2.45, 2.75) is 26.3 Å². The van der Waals surface area contributed by atoms with Gasteiger partial charge in [-0.25, -0.2) is 9.59 Å². The number of nitrogens with zero attached hydrogens (tertiary/aromatic N) is 2. The first-order valence-electron chi connectivity index (χ1n) is 5.81. The smallest absolute Gasteiger partial charge is 0.326 e. The van der Waals surface area contributed by atoms with Gasteiger partial charge in [0.15, 0.2) is 0 Å². The molecule has 0 aliphatic carbocycles. The zero-order valence-electron chi connectivity index (χ0n) is 11.3. The van der Waals surface area contributed by atoms with E-state index in [1.165, 1.54) is 9.80 Å². The summed E-state index contributed by atoms with van der Waals surface area (Å²) in [6.07, 6.45) is 0.292. The first-order chi connectivity index (χ1) is 8.33. The Kier molecular flexibility index (Phi) is 6.77. The van der Waals surface area contributed by atoms with Gasteiger partial charge in [0, 0.05) is 20.6 Å². The Morgan fingerprint density at radius 2 is 1.78 bits per heavy atom. The molecule has 7 heteroatoms. The van der Waals surface area contributed by atoms with Gasteiger partial charge in [0.05, 0.1) is 0 Å². The molecule has 104 valence electrons. The molecule has 1 atom stereocenters. The lowest BCUT2D eigenvalue weighted by atomic mass is 10.2. The third kappa shape index (κ3) is 5.03. The van der Waals surface area contributed by atoms with Crippen LogP contribution in [-0.4, -0.2) is 66.0 Å². The molecule has 0 rings (SSSR count). The molecule has 0 bridgehead atoms. The summed E-state index contributed by atoms with van der Waals surface area (Å²) in [4.78, 5) is 36.7. The molecule has 0 aromatic carbocycles. The van der Waals surface area contributed by atoms with Crippen LogP contribution in [-0.2, 0) is 9.59 Å². The van der Waals surface area contributed by atoms with Crippen LogP contribution in [0, 0.1) is 0 Å². The molecule has 0 saturated carbocycles. The quantitative estimate of drug-likeness (QED) is 0.701. The number of amides is 3. The summed E-state index contributed by atoms with van der Waals surface area (Å²) in [6.45, 7) is 3.66. The fraction of sp³-hybridized carbons (Fsp3) is 0.727. The summed E-state index contributed by atoms with van der Waals surface area (Å²) >= 11 is 0. The van der Waals surface area contributed by atoms with Gasteiger partial charge in [0.25, 0.3) is 0 Å². The van der Waals surface area contributed by atoms with Crippen molar-refractivity contribution < 1.29 is 19.5 Å². The normalized spacial score (nSPS) is 11.6. The highest BCUT2D eigenvalue weighted by Gasteiger charge is 2.22. The van der Waals surface area contributed by atoms with Crippen LogP contribution in [0.5, 0.6) is 0 Å². The highest BCUT2D eigenvalue weighted by Crippen LogP contribution is 1.96. The number of carboxylic acid groups (broad SMARTS) is 1. The average Bonchev–Trinajstić information content (AvgIpc) is 2.31. The zero-order chi connectivity index (χ0) is 14.3. The van der Waals surface area contributed by atoms with Crippen LogP contribution in [0.2, 0.25) is 0 Å². The minimum atomic E-state index is -1.08. The maximum absolute atomic E-state index is 11.8. The Labute approximate surface area is 107 Å². The summed E-state index contributed by atoms with van der Waals surface area (Å²) in [5.74, 6) is -1.30. The second-order valence-corrected chi connectivity index (χ2v) is 4.05. The minimum Gasteiger partial charge on any atom is -0.480 e. The molecular weight excluding hydrogens is 238 g/mol. The Morgan fingerprint density at radius 1 is 1.22 bits per heavy atom. The summed E-state index contributed by atoms with van der Waals surface area (Å²) in [5.41, 5.74) is 0. The lowest BCUT2D eigenvalue weighted by molar-refractivity contribution is -0.139. The number of nitrogens with one attached hydrogen (secondary N) is 1. The molecule has 0 saturated heterocycles. The number of aliphatic carboxylic acids is 1. The summed E-state index contributed by atoms with van der Waals surface area (Å²) in [7, 11) is 3.19. The van der Waals surface area contributed by atoms with Crippen LogP contribution in [0.25, 0.3) is 0 Å². The number of carboxylic acids is 1. The highest BCUT2D eigenvalue weighted by atomic mass is 16.4. The van der Waals surface area contributed by atoms with Gasteiger partial charge in [0.1, 0.15) is 12.6 Å². The van der Waals surface area contributed by atoms with Gasteiger partial charge in [-0.15, -0.1) is 0 Å². The second-order valence-electron chi connectivity index (χ2n) is 4.05. The van der Waals surface area contributed by atoms with Crippen LogP contribution in [0.1, 0.15) is 20.3 Å². The molecule has 0 unspecified atom stereocenters. The van der Waals surface area contributed by atoms with Gasteiger partial charge in [-0.1, -0.05) is 6.92 Å². The van der Waals surface area contributed by atoms with Crippen molar-refractivity contribution in [2.24, 2.45) is 0 Å². The number of likely N-dealkylation sites (N-methyl/N-ethyl adjacent to an activating group) is 2. The van der Waals surface area contributed by atoms with Gasteiger partial charge in [-0.05, 0) is 13.3 Å². The topological polar surface area (TPSA) is 90.0 Å². The number of carbonyl (C=O) groups is 3. The van der Waals surface area contributed by atoms with E-state index < -0.39 is 18.0 Å². The van der Waals surface area contributed by atoms with E-state index in [1.54, 1.807) is 27.9 Å². The second kappa shape index (κ2) is 7.52. The standard InChI is InChI=1S/C11H21N3O4/c1-5-8(10(16)17)12-11(18)14(6-2)7-9(15)13(3)4/h8H,5-7H2,1-4H3,(H,12,18)(H,16,17)/t8-/m0/s1. The maximum Gasteiger partial charge on any atom is 0.326 e. The van der Waals surface area contributed by atoms with E-state index in [4.69, 9.17) is 5.11 Å². The van der Waals surface area contributed by atoms with Crippen molar-refractivity contribution in [3.8, 4) is 0 Å². The van der Waals surface area contributed by atoms with Crippen LogP contribution in [0.15, 0.2) is 0 Å². The lowest BCUT2D eigenvalue weighted by Gasteiger charge is -2.24. The van der Waals surface area contributed by atoms with Gasteiger partial charge in [-0.3, -0.25) is 4.79 Å². The first kappa shape index (κ1) is 16.2. The molecule has 0 aliphatic heterocycles. The Morgan fingerprint density at radius 3 is 2.11 bits per heavy atom. The van der Waals surface area contributed by atoms with E-state index in [-0.39, 0.29) is 12.5 Å². The summed E-state index contributed by atoms with van der Waals surface area (Å²) in [5, 5.41) is 11.2. The minimum absolute atomic E-state index is 0.0641. The number of rotatable bonds is 6. The molecule has 7 nitrogen and oxygen atoms in total. The average molecular weight is 259 g/mol. The molecule has 0 spiro atoms. The monoisotopic (exact) mass is 259 g/mol. The Hall–Kier alpha value is -1.79. The van der Waals surface area contributed by atoms with Crippen molar-refractivity contribution in [2.75, 3.05) is 27.2 Å². The van der Waals surface area contributed by atoms with E-state index in [2.05, 4.69) is 5.32 Å². The number of urea groups is 1. The molecule has 0 radical (unpaired) electrons. The summed E-state index contributed by atoms with van der Waals surface area (Å²) < 4.78 is 0. The van der Waals surface area contributed by atoms with E-state index in [0.29, 0.717) is 13.0 Å². The molecule has 3 amide bonds. The molecule has 0 aromatic rings. The largest absolute Gasteiger partial charge is 0.480 e. The molecule has 0 aromatic heterocycles. The third-order valence-electron chi connectivity index (χ3n) is 2.50. The van der Waals surface area contributed by atoms with Crippen molar-refractivity contribution in [3.05, 3.63) is 0 Å². The Balaban J connectivity index is 4.52. The number of carbonyl (C=O) groups excluding carboxylic acids is 2. The maximum atomic E-state index is 11.8. The molecule has 18 heavy (non-hydrogen) atoms. The predicted molar refractivity (Wildman–Crippen MR) is 66.2 cm³/mol. The first-order valence-corrected chi connectivity index (χ1v) is 5.81. The van der Waals surface area contributed by atoms with Crippen LogP contribution < -0.4 is 5.32 Å². The van der Waals surface area contributed by atoms with Gasteiger partial charge < -0.3 is 20.2 Å². The fourth-order valence-corrected chi connectivity index (χ4v) is 1.21. The predicted octanol–water partition coefficient (Wildman–Crippen LogP) is -0.0307. The van der Waals surface area contributed by atoms with Gasteiger partial charge in [-0.2, -0.15) is 0 Å². The fourth-order valence-electron chi connectivity index (χ4n) is 1.21. The Bertz CT molecular complexity index is 317. The van der Waals surface area contributed by atoms with E-state index in [9.17, 15) is 14.4 Å². The number of hydrogen-bond acceptors (Lipinski definition) is 3. The van der Waals surface area contributed by atoms with Crippen LogP contribution in [0.3, 0.4) is 0 Å². The molecule has 0 fully saturated rings. The van der Waals surface area contributed by atoms with E-state index >= 15 is 0 Å². The lowest BCUT2D eigenvalue weighted by Crippen LogP contribution is -2.50. The van der Waals surface area contributed by atoms with Crippen molar-refractivity contribution in [3.63, 3.8) is 0 Å². The van der Waals surface area contributed by atoms with E-state index in [0.717, 1.165) is 0 Å². The summed E-state index contributed by atoms with van der Waals surface area (Å²) in [6, 6.07) is -1.47. The SMILES string of the molecule is CC[C@H](NC(=O)N(CC)CC(=O)N(C)C)C(=O)O. The molecule has 2 N–H and O–H groups in total. The van der Waals surface area contributed by atoms with Gasteiger partial charge >= 0.3 is 12.0 Å². The zero-order valence-corrected chi connectivity index (χ0v) is 11.3.